The van der Waals surface area contributed by atoms with E-state index < -0.39 is 0 Å². The molecule has 1 heterocycles. The smallest absolute Gasteiger partial charge is 0.0775 e. The highest BCUT2D eigenvalue weighted by atomic mass is 16.4. The minimum absolute atomic E-state index is 0.448. The van der Waals surface area contributed by atoms with Crippen LogP contribution < -0.4 is 0 Å². The molecule has 1 saturated heterocycles. The molecular weight excluding hydrogens is 212 g/mol. The summed E-state index contributed by atoms with van der Waals surface area (Å²) in [6.07, 6.45) is 7.81. The maximum Gasteiger partial charge on any atom is 0.0775 e. The van der Waals surface area contributed by atoms with E-state index in [1.807, 2.05) is 0 Å². The Morgan fingerprint density at radius 1 is 1.12 bits per heavy atom. The minimum Gasteiger partial charge on any atom is -0.411 e. The van der Waals surface area contributed by atoms with Crippen LogP contribution in [0.1, 0.15) is 52.4 Å². The highest BCUT2D eigenvalue weighted by molar-refractivity contribution is 5.94. The third kappa shape index (κ3) is 1.70. The van der Waals surface area contributed by atoms with Crippen LogP contribution in [0.5, 0.6) is 0 Å². The SMILES string of the molecule is CC1CCCC(C)N1C1/C(=N/O)C2CCC1C2. The molecule has 0 aromatic rings. The maximum atomic E-state index is 9.32. The summed E-state index contributed by atoms with van der Waals surface area (Å²) in [6.45, 7) is 4.69. The lowest BCUT2D eigenvalue weighted by atomic mass is 9.86. The van der Waals surface area contributed by atoms with Gasteiger partial charge in [0.15, 0.2) is 0 Å². The first-order chi connectivity index (χ1) is 8.22. The van der Waals surface area contributed by atoms with Crippen molar-refractivity contribution in [2.75, 3.05) is 0 Å². The fourth-order valence-electron chi connectivity index (χ4n) is 4.58. The van der Waals surface area contributed by atoms with Crippen molar-refractivity contribution in [1.29, 1.82) is 0 Å². The summed E-state index contributed by atoms with van der Waals surface area (Å²) in [4.78, 5) is 2.66. The highest BCUT2D eigenvalue weighted by Gasteiger charge is 2.50. The molecule has 1 N–H and O–H groups in total. The van der Waals surface area contributed by atoms with Crippen LogP contribution in [-0.4, -0.2) is 33.9 Å². The van der Waals surface area contributed by atoms with E-state index in [1.165, 1.54) is 38.5 Å². The molecule has 5 unspecified atom stereocenters. The van der Waals surface area contributed by atoms with Gasteiger partial charge in [0.2, 0.25) is 0 Å². The summed E-state index contributed by atoms with van der Waals surface area (Å²) in [5, 5.41) is 13.0. The molecule has 2 bridgehead atoms. The molecule has 3 rings (SSSR count). The van der Waals surface area contributed by atoms with Crippen LogP contribution in [0.25, 0.3) is 0 Å². The molecule has 2 aliphatic carbocycles. The van der Waals surface area contributed by atoms with Crippen molar-refractivity contribution < 1.29 is 5.21 Å². The van der Waals surface area contributed by atoms with Gasteiger partial charge in [0.1, 0.15) is 0 Å². The second-order valence-electron chi connectivity index (χ2n) is 6.32. The van der Waals surface area contributed by atoms with Gasteiger partial charge in [-0.15, -0.1) is 0 Å². The number of likely N-dealkylation sites (tertiary alicyclic amines) is 1. The van der Waals surface area contributed by atoms with Gasteiger partial charge in [0.25, 0.3) is 0 Å². The molecule has 0 radical (unpaired) electrons. The average molecular weight is 236 g/mol. The Hall–Kier alpha value is -0.570. The number of hydrogen-bond donors (Lipinski definition) is 1. The van der Waals surface area contributed by atoms with Crippen LogP contribution >= 0.6 is 0 Å². The Bertz CT molecular complexity index is 318. The molecular formula is C14H24N2O. The van der Waals surface area contributed by atoms with E-state index in [2.05, 4.69) is 23.9 Å². The minimum atomic E-state index is 0.448. The highest BCUT2D eigenvalue weighted by Crippen LogP contribution is 2.47. The quantitative estimate of drug-likeness (QED) is 0.561. The first-order valence-corrected chi connectivity index (χ1v) is 7.21. The average Bonchev–Trinajstić information content (AvgIpc) is 2.89. The first-order valence-electron chi connectivity index (χ1n) is 7.21. The Morgan fingerprint density at radius 2 is 1.82 bits per heavy atom. The van der Waals surface area contributed by atoms with Crippen molar-refractivity contribution in [1.82, 2.24) is 4.90 Å². The number of hydrogen-bond acceptors (Lipinski definition) is 3. The molecule has 1 aliphatic heterocycles. The van der Waals surface area contributed by atoms with Gasteiger partial charge in [-0.2, -0.15) is 0 Å². The number of piperidine rings is 1. The van der Waals surface area contributed by atoms with Gasteiger partial charge < -0.3 is 5.21 Å². The molecule has 3 fully saturated rings. The fourth-order valence-corrected chi connectivity index (χ4v) is 4.58. The van der Waals surface area contributed by atoms with E-state index in [-0.39, 0.29) is 0 Å². The van der Waals surface area contributed by atoms with Crippen LogP contribution in [0.3, 0.4) is 0 Å². The zero-order chi connectivity index (χ0) is 12.0. The summed E-state index contributed by atoms with van der Waals surface area (Å²) in [7, 11) is 0. The van der Waals surface area contributed by atoms with Crippen LogP contribution in [0.2, 0.25) is 0 Å². The monoisotopic (exact) mass is 236 g/mol. The van der Waals surface area contributed by atoms with Crippen molar-refractivity contribution in [3.8, 4) is 0 Å². The van der Waals surface area contributed by atoms with Crippen molar-refractivity contribution in [3.05, 3.63) is 0 Å². The number of nitrogens with zero attached hydrogens (tertiary/aromatic N) is 2. The zero-order valence-corrected chi connectivity index (χ0v) is 11.0. The topological polar surface area (TPSA) is 35.8 Å². The number of fused-ring (bicyclic) bond motifs is 2. The summed E-state index contributed by atoms with van der Waals surface area (Å²) < 4.78 is 0. The second kappa shape index (κ2) is 4.27. The van der Waals surface area contributed by atoms with Gasteiger partial charge in [-0.1, -0.05) is 11.6 Å². The Morgan fingerprint density at radius 3 is 2.47 bits per heavy atom. The molecule has 3 heteroatoms. The predicted molar refractivity (Wildman–Crippen MR) is 68.5 cm³/mol. The van der Waals surface area contributed by atoms with Gasteiger partial charge in [-0.05, 0) is 51.9 Å². The summed E-state index contributed by atoms with van der Waals surface area (Å²) in [5.41, 5.74) is 1.10. The number of rotatable bonds is 1. The Kier molecular flexibility index (Phi) is 2.89. The van der Waals surface area contributed by atoms with E-state index in [1.54, 1.807) is 0 Å². The molecule has 0 amide bonds. The third-order valence-electron chi connectivity index (χ3n) is 5.34. The van der Waals surface area contributed by atoms with Crippen molar-refractivity contribution in [2.24, 2.45) is 17.0 Å². The summed E-state index contributed by atoms with van der Waals surface area (Å²) in [6, 6.07) is 1.75. The molecule has 0 aromatic heterocycles. The molecule has 3 aliphatic rings. The number of oxime groups is 1. The lowest BCUT2D eigenvalue weighted by Gasteiger charge is -2.45. The Labute approximate surface area is 104 Å². The predicted octanol–water partition coefficient (Wildman–Crippen LogP) is 2.88. The molecule has 0 spiro atoms. The van der Waals surface area contributed by atoms with Crippen molar-refractivity contribution >= 4 is 5.71 Å². The molecule has 0 aromatic carbocycles. The van der Waals surface area contributed by atoms with E-state index in [9.17, 15) is 5.21 Å². The molecule has 2 saturated carbocycles. The second-order valence-corrected chi connectivity index (χ2v) is 6.32. The lowest BCUT2D eigenvalue weighted by Crippen LogP contribution is -2.55. The van der Waals surface area contributed by atoms with Crippen LogP contribution in [0.15, 0.2) is 5.16 Å². The Balaban J connectivity index is 1.87. The normalized spacial score (nSPS) is 49.1. The molecule has 17 heavy (non-hydrogen) atoms. The van der Waals surface area contributed by atoms with Crippen molar-refractivity contribution in [3.63, 3.8) is 0 Å². The van der Waals surface area contributed by atoms with Crippen LogP contribution in [-0.2, 0) is 0 Å². The maximum absolute atomic E-state index is 9.32. The van der Waals surface area contributed by atoms with Gasteiger partial charge in [0, 0.05) is 18.0 Å². The largest absolute Gasteiger partial charge is 0.411 e. The third-order valence-corrected chi connectivity index (χ3v) is 5.34. The van der Waals surface area contributed by atoms with Gasteiger partial charge in [-0.3, -0.25) is 4.90 Å². The van der Waals surface area contributed by atoms with Crippen LogP contribution in [0.4, 0.5) is 0 Å². The van der Waals surface area contributed by atoms with Crippen molar-refractivity contribution in [2.45, 2.75) is 70.5 Å². The standard InChI is InChI=1S/C14H24N2O/c1-9-4-3-5-10(2)16(9)14-12-7-6-11(8-12)13(14)15-17/h9-12,14,17H,3-8H2,1-2H3/b15-13+. The van der Waals surface area contributed by atoms with E-state index in [0.717, 1.165) is 11.6 Å². The van der Waals surface area contributed by atoms with E-state index in [4.69, 9.17) is 0 Å². The summed E-state index contributed by atoms with van der Waals surface area (Å²) >= 11 is 0. The molecule has 3 nitrogen and oxygen atoms in total. The van der Waals surface area contributed by atoms with E-state index >= 15 is 0 Å². The molecule has 96 valence electrons. The van der Waals surface area contributed by atoms with Crippen LogP contribution in [0, 0.1) is 11.8 Å². The zero-order valence-electron chi connectivity index (χ0n) is 11.0. The van der Waals surface area contributed by atoms with Gasteiger partial charge in [-0.25, -0.2) is 0 Å². The lowest BCUT2D eigenvalue weighted by molar-refractivity contribution is 0.0602. The molecule has 5 atom stereocenters. The fraction of sp³-hybridized carbons (Fsp3) is 0.929. The summed E-state index contributed by atoms with van der Waals surface area (Å²) in [5.74, 6) is 1.34. The van der Waals surface area contributed by atoms with E-state index in [0.29, 0.717) is 24.0 Å². The van der Waals surface area contributed by atoms with Gasteiger partial charge >= 0.3 is 0 Å². The van der Waals surface area contributed by atoms with Gasteiger partial charge in [0.05, 0.1) is 11.8 Å². The first kappa shape index (κ1) is 11.5.